The van der Waals surface area contributed by atoms with Crippen molar-refractivity contribution in [2.75, 3.05) is 0 Å². The molecular weight excluding hydrogens is 248 g/mol. The van der Waals surface area contributed by atoms with E-state index in [0.717, 1.165) is 41.8 Å². The second-order valence-electron chi connectivity index (χ2n) is 5.34. The average Bonchev–Trinajstić information content (AvgIpc) is 2.83. The lowest BCUT2D eigenvalue weighted by Crippen LogP contribution is -1.97. The van der Waals surface area contributed by atoms with Crippen molar-refractivity contribution in [3.63, 3.8) is 0 Å². The summed E-state index contributed by atoms with van der Waals surface area (Å²) in [6.45, 7) is 4.06. The topological polar surface area (TPSA) is 45.9 Å². The third kappa shape index (κ3) is 2.37. The highest BCUT2D eigenvalue weighted by Crippen LogP contribution is 2.29. The Labute approximate surface area is 118 Å². The highest BCUT2D eigenvalue weighted by molar-refractivity contribution is 5.46. The quantitative estimate of drug-likeness (QED) is 0.827. The van der Waals surface area contributed by atoms with Gasteiger partial charge in [0.05, 0.1) is 0 Å². The van der Waals surface area contributed by atoms with Gasteiger partial charge in [0.1, 0.15) is 17.4 Å². The molecule has 100 valence electrons. The van der Waals surface area contributed by atoms with Gasteiger partial charge in [-0.25, -0.2) is 4.98 Å². The first kappa shape index (κ1) is 12.7. The fourth-order valence-corrected chi connectivity index (χ4v) is 2.71. The third-order valence-electron chi connectivity index (χ3n) is 3.55. The number of hydrogen-bond acceptors (Lipinski definition) is 3. The van der Waals surface area contributed by atoms with Crippen LogP contribution in [0.4, 0.5) is 0 Å². The van der Waals surface area contributed by atoms with Crippen LogP contribution in [0.2, 0.25) is 0 Å². The van der Waals surface area contributed by atoms with Crippen LogP contribution >= 0.6 is 0 Å². The van der Waals surface area contributed by atoms with Gasteiger partial charge in [0, 0.05) is 5.69 Å². The number of nitrogens with zero attached hydrogens (tertiary/aromatic N) is 2. The van der Waals surface area contributed by atoms with Crippen LogP contribution in [0.5, 0.6) is 11.6 Å². The molecule has 1 aromatic heterocycles. The molecule has 0 saturated heterocycles. The maximum absolute atomic E-state index is 9.27. The van der Waals surface area contributed by atoms with Gasteiger partial charge < -0.3 is 4.74 Å². The van der Waals surface area contributed by atoms with E-state index in [4.69, 9.17) is 4.74 Å². The molecule has 0 N–H and O–H groups in total. The number of fused-ring (bicyclic) bond motifs is 1. The largest absolute Gasteiger partial charge is 0.438 e. The summed E-state index contributed by atoms with van der Waals surface area (Å²) in [4.78, 5) is 4.53. The first-order valence-electron chi connectivity index (χ1n) is 6.85. The molecule has 0 atom stereocenters. The van der Waals surface area contributed by atoms with E-state index in [9.17, 15) is 5.26 Å². The van der Waals surface area contributed by atoms with Crippen LogP contribution in [0.15, 0.2) is 24.3 Å². The number of aromatic nitrogens is 1. The summed E-state index contributed by atoms with van der Waals surface area (Å²) in [6.07, 6.45) is 3.10. The predicted molar refractivity (Wildman–Crippen MR) is 77.0 cm³/mol. The number of ether oxygens (including phenoxy) is 1. The normalized spacial score (nSPS) is 12.8. The van der Waals surface area contributed by atoms with Gasteiger partial charge in [0.25, 0.3) is 0 Å². The summed E-state index contributed by atoms with van der Waals surface area (Å²) in [7, 11) is 0. The van der Waals surface area contributed by atoms with E-state index in [1.54, 1.807) is 0 Å². The Balaban J connectivity index is 2.00. The summed E-state index contributed by atoms with van der Waals surface area (Å²) >= 11 is 0. The van der Waals surface area contributed by atoms with Gasteiger partial charge in [0.2, 0.25) is 5.88 Å². The molecule has 3 heteroatoms. The Morgan fingerprint density at radius 1 is 1.10 bits per heavy atom. The first-order valence-corrected chi connectivity index (χ1v) is 6.85. The van der Waals surface area contributed by atoms with Crippen LogP contribution in [0.1, 0.15) is 34.4 Å². The van der Waals surface area contributed by atoms with Gasteiger partial charge in [-0.1, -0.05) is 6.07 Å². The number of aryl methyl sites for hydroxylation is 4. The minimum absolute atomic E-state index is 0.429. The molecule has 0 amide bonds. The molecule has 1 aliphatic rings. The Morgan fingerprint density at radius 2 is 1.85 bits per heavy atom. The van der Waals surface area contributed by atoms with Crippen molar-refractivity contribution in [1.82, 2.24) is 4.98 Å². The third-order valence-corrected chi connectivity index (χ3v) is 3.55. The number of benzene rings is 1. The van der Waals surface area contributed by atoms with Gasteiger partial charge in [0.15, 0.2) is 0 Å². The summed E-state index contributed by atoms with van der Waals surface area (Å²) in [6, 6.07) is 10.1. The van der Waals surface area contributed by atoms with E-state index in [-0.39, 0.29) is 0 Å². The van der Waals surface area contributed by atoms with Gasteiger partial charge in [-0.3, -0.25) is 0 Å². The summed E-state index contributed by atoms with van der Waals surface area (Å²) in [5.41, 5.74) is 5.06. The first-order chi connectivity index (χ1) is 9.65. The summed E-state index contributed by atoms with van der Waals surface area (Å²) < 4.78 is 5.85. The monoisotopic (exact) mass is 264 g/mol. The van der Waals surface area contributed by atoms with Crippen molar-refractivity contribution < 1.29 is 4.74 Å². The fourth-order valence-electron chi connectivity index (χ4n) is 2.71. The van der Waals surface area contributed by atoms with Crippen molar-refractivity contribution in [3.05, 3.63) is 52.2 Å². The molecule has 2 aromatic rings. The molecular formula is C17H16N2O. The van der Waals surface area contributed by atoms with E-state index in [1.807, 2.05) is 32.0 Å². The van der Waals surface area contributed by atoms with Crippen LogP contribution in [0, 0.1) is 25.2 Å². The van der Waals surface area contributed by atoms with Crippen molar-refractivity contribution >= 4 is 0 Å². The molecule has 0 radical (unpaired) electrons. The molecule has 3 rings (SSSR count). The standard InChI is InChI=1S/C17H16N2O/c1-11-6-12(2)8-15(7-11)20-17-14(10-18)9-13-4-3-5-16(13)19-17/h6-9H,3-5H2,1-2H3. The molecule has 0 unspecified atom stereocenters. The van der Waals surface area contributed by atoms with E-state index in [2.05, 4.69) is 17.1 Å². The maximum atomic E-state index is 9.27. The molecule has 3 nitrogen and oxygen atoms in total. The Kier molecular flexibility index (Phi) is 3.15. The van der Waals surface area contributed by atoms with Crippen LogP contribution < -0.4 is 4.74 Å². The highest BCUT2D eigenvalue weighted by atomic mass is 16.5. The number of nitriles is 1. The Bertz CT molecular complexity index is 693. The van der Waals surface area contributed by atoms with E-state index < -0.39 is 0 Å². The molecule has 1 aliphatic carbocycles. The molecule has 0 saturated carbocycles. The summed E-state index contributed by atoms with van der Waals surface area (Å²) in [5, 5.41) is 9.27. The van der Waals surface area contributed by atoms with Crippen molar-refractivity contribution in [2.45, 2.75) is 33.1 Å². The van der Waals surface area contributed by atoms with Crippen molar-refractivity contribution in [1.29, 1.82) is 5.26 Å². The maximum Gasteiger partial charge on any atom is 0.237 e. The Hall–Kier alpha value is -2.34. The second kappa shape index (κ2) is 4.97. The zero-order valence-electron chi connectivity index (χ0n) is 11.7. The molecule has 0 spiro atoms. The summed E-state index contributed by atoms with van der Waals surface area (Å²) in [5.74, 6) is 1.17. The molecule has 0 aliphatic heterocycles. The van der Waals surface area contributed by atoms with Gasteiger partial charge in [-0.05, 0) is 68.0 Å². The number of rotatable bonds is 2. The SMILES string of the molecule is Cc1cc(C)cc(Oc2nc3c(cc2C#N)CCC3)c1. The second-order valence-corrected chi connectivity index (χ2v) is 5.34. The van der Waals surface area contributed by atoms with Crippen LogP contribution in [0.25, 0.3) is 0 Å². The van der Waals surface area contributed by atoms with E-state index in [1.165, 1.54) is 5.56 Å². The number of pyridine rings is 1. The lowest BCUT2D eigenvalue weighted by Gasteiger charge is -2.10. The van der Waals surface area contributed by atoms with Crippen LogP contribution in [-0.4, -0.2) is 4.98 Å². The average molecular weight is 264 g/mol. The van der Waals surface area contributed by atoms with Crippen LogP contribution in [0.3, 0.4) is 0 Å². The molecule has 20 heavy (non-hydrogen) atoms. The lowest BCUT2D eigenvalue weighted by molar-refractivity contribution is 0.458. The molecule has 0 fully saturated rings. The predicted octanol–water partition coefficient (Wildman–Crippen LogP) is 3.85. The highest BCUT2D eigenvalue weighted by Gasteiger charge is 2.17. The molecule has 1 heterocycles. The zero-order chi connectivity index (χ0) is 14.1. The van der Waals surface area contributed by atoms with Crippen LogP contribution in [-0.2, 0) is 12.8 Å². The van der Waals surface area contributed by atoms with Crippen molar-refractivity contribution in [2.24, 2.45) is 0 Å². The van der Waals surface area contributed by atoms with Gasteiger partial charge in [-0.2, -0.15) is 5.26 Å². The molecule has 0 bridgehead atoms. The minimum atomic E-state index is 0.429. The van der Waals surface area contributed by atoms with Crippen molar-refractivity contribution in [3.8, 4) is 17.7 Å². The minimum Gasteiger partial charge on any atom is -0.438 e. The lowest BCUT2D eigenvalue weighted by atomic mass is 10.1. The molecule has 1 aromatic carbocycles. The fraction of sp³-hybridized carbons (Fsp3) is 0.294. The van der Waals surface area contributed by atoms with E-state index in [0.29, 0.717) is 11.4 Å². The van der Waals surface area contributed by atoms with E-state index >= 15 is 0 Å². The van der Waals surface area contributed by atoms with Gasteiger partial charge >= 0.3 is 0 Å². The smallest absolute Gasteiger partial charge is 0.237 e. The zero-order valence-corrected chi connectivity index (χ0v) is 11.7. The number of hydrogen-bond donors (Lipinski definition) is 0. The Morgan fingerprint density at radius 3 is 2.55 bits per heavy atom. The van der Waals surface area contributed by atoms with Gasteiger partial charge in [-0.15, -0.1) is 0 Å².